The van der Waals surface area contributed by atoms with E-state index in [0.717, 1.165) is 38.2 Å². The molecule has 1 unspecified atom stereocenters. The van der Waals surface area contributed by atoms with Crippen LogP contribution in [0.4, 0.5) is 0 Å². The Bertz CT molecular complexity index is 766. The molecule has 2 aromatic rings. The van der Waals surface area contributed by atoms with Gasteiger partial charge in [-0.05, 0) is 57.1 Å². The quantitative estimate of drug-likeness (QED) is 0.832. The molecular formula is C21H28N4O. The second-order valence-electron chi connectivity index (χ2n) is 8.42. The van der Waals surface area contributed by atoms with Gasteiger partial charge in [-0.2, -0.15) is 0 Å². The number of benzene rings is 1. The lowest BCUT2D eigenvalue weighted by atomic mass is 9.89. The summed E-state index contributed by atoms with van der Waals surface area (Å²) in [5.41, 5.74) is 1.14. The van der Waals surface area contributed by atoms with Crippen LogP contribution in [-0.2, 0) is 13.0 Å². The van der Waals surface area contributed by atoms with E-state index >= 15 is 0 Å². The molecule has 26 heavy (non-hydrogen) atoms. The summed E-state index contributed by atoms with van der Waals surface area (Å²) in [5, 5.41) is 19.5. The van der Waals surface area contributed by atoms with Gasteiger partial charge in [0.1, 0.15) is 11.6 Å². The van der Waals surface area contributed by atoms with Crippen molar-refractivity contribution in [3.8, 4) is 0 Å². The van der Waals surface area contributed by atoms with E-state index in [1.54, 1.807) is 0 Å². The minimum absolute atomic E-state index is 0.165. The topological polar surface area (TPSA) is 54.2 Å². The minimum atomic E-state index is -0.165. The van der Waals surface area contributed by atoms with Gasteiger partial charge in [0.05, 0.1) is 13.2 Å². The maximum Gasteiger partial charge on any atom is 0.147 e. The van der Waals surface area contributed by atoms with E-state index in [1.807, 2.05) is 0 Å². The fraction of sp³-hybridized carbons (Fsp3) is 0.619. The molecule has 3 fully saturated rings. The highest BCUT2D eigenvalue weighted by Gasteiger charge is 2.42. The molecule has 1 N–H and O–H groups in total. The van der Waals surface area contributed by atoms with E-state index in [1.165, 1.54) is 37.1 Å². The molecule has 0 amide bonds. The van der Waals surface area contributed by atoms with Crippen LogP contribution in [0.5, 0.6) is 0 Å². The highest BCUT2D eigenvalue weighted by molar-refractivity contribution is 5.20. The van der Waals surface area contributed by atoms with Crippen LogP contribution < -0.4 is 0 Å². The van der Waals surface area contributed by atoms with Crippen LogP contribution >= 0.6 is 0 Å². The first-order chi connectivity index (χ1) is 12.8. The molecule has 5 rings (SSSR count). The normalized spacial score (nSPS) is 26.5. The molecule has 3 aliphatic rings. The number of aliphatic hydroxyl groups excluding tert-OH is 1. The summed E-state index contributed by atoms with van der Waals surface area (Å²) >= 11 is 0. The smallest absolute Gasteiger partial charge is 0.147 e. The molecule has 1 saturated heterocycles. The Morgan fingerprint density at radius 2 is 1.88 bits per heavy atom. The summed E-state index contributed by atoms with van der Waals surface area (Å²) in [6.07, 6.45) is 8.15. The average molecular weight is 352 g/mol. The van der Waals surface area contributed by atoms with Gasteiger partial charge in [0.2, 0.25) is 0 Å². The first-order valence-electron chi connectivity index (χ1n) is 10.1. The Balaban J connectivity index is 1.40. The van der Waals surface area contributed by atoms with Crippen molar-refractivity contribution in [1.82, 2.24) is 19.7 Å². The number of hydrogen-bond acceptors (Lipinski definition) is 4. The largest absolute Gasteiger partial charge is 0.394 e. The van der Waals surface area contributed by atoms with Gasteiger partial charge in [0.25, 0.3) is 0 Å². The summed E-state index contributed by atoms with van der Waals surface area (Å²) in [5.74, 6) is 2.98. The molecule has 0 radical (unpaired) electrons. The van der Waals surface area contributed by atoms with E-state index in [2.05, 4.69) is 50.0 Å². The van der Waals surface area contributed by atoms with Crippen molar-refractivity contribution < 1.29 is 5.11 Å². The number of rotatable bonds is 7. The third kappa shape index (κ3) is 2.97. The number of hydrogen-bond donors (Lipinski definition) is 1. The highest BCUT2D eigenvalue weighted by atomic mass is 16.3. The second-order valence-corrected chi connectivity index (χ2v) is 8.42. The van der Waals surface area contributed by atoms with Crippen molar-refractivity contribution in [3.05, 3.63) is 47.5 Å². The first-order valence-corrected chi connectivity index (χ1v) is 10.1. The lowest BCUT2D eigenvalue weighted by molar-refractivity contribution is 0.0554. The number of likely N-dealkylation sites (tertiary alicyclic amines) is 1. The van der Waals surface area contributed by atoms with Crippen LogP contribution in [0.1, 0.15) is 67.7 Å². The Morgan fingerprint density at radius 1 is 1.08 bits per heavy atom. The van der Waals surface area contributed by atoms with Crippen LogP contribution in [0.2, 0.25) is 0 Å². The number of aromatic nitrogens is 3. The van der Waals surface area contributed by atoms with Crippen molar-refractivity contribution in [3.63, 3.8) is 0 Å². The fourth-order valence-electron chi connectivity index (χ4n) is 4.62. The van der Waals surface area contributed by atoms with Crippen molar-refractivity contribution in [1.29, 1.82) is 0 Å². The zero-order chi connectivity index (χ0) is 17.6. The van der Waals surface area contributed by atoms with Crippen molar-refractivity contribution >= 4 is 0 Å². The molecule has 2 saturated carbocycles. The van der Waals surface area contributed by atoms with Gasteiger partial charge in [-0.3, -0.25) is 4.90 Å². The van der Waals surface area contributed by atoms with Crippen molar-refractivity contribution in [2.24, 2.45) is 0 Å². The molecule has 1 aromatic carbocycles. The lowest BCUT2D eigenvalue weighted by Crippen LogP contribution is -2.48. The molecule has 1 aliphatic heterocycles. The van der Waals surface area contributed by atoms with E-state index in [4.69, 9.17) is 0 Å². The predicted molar refractivity (Wildman–Crippen MR) is 99.9 cm³/mol. The van der Waals surface area contributed by atoms with Crippen molar-refractivity contribution in [2.45, 2.75) is 69.0 Å². The molecule has 0 bridgehead atoms. The average Bonchev–Trinajstić information content (AvgIpc) is 3.60. The van der Waals surface area contributed by atoms with Gasteiger partial charge in [-0.25, -0.2) is 0 Å². The lowest BCUT2D eigenvalue weighted by Gasteiger charge is -2.37. The van der Waals surface area contributed by atoms with Gasteiger partial charge >= 0.3 is 0 Å². The molecule has 138 valence electrons. The zero-order valence-electron chi connectivity index (χ0n) is 15.3. The Morgan fingerprint density at radius 3 is 2.58 bits per heavy atom. The molecule has 5 nitrogen and oxygen atoms in total. The number of aliphatic hydroxyl groups is 1. The minimum Gasteiger partial charge on any atom is -0.394 e. The molecule has 2 aliphatic carbocycles. The van der Waals surface area contributed by atoms with Gasteiger partial charge < -0.3 is 9.67 Å². The van der Waals surface area contributed by atoms with E-state index in [-0.39, 0.29) is 12.1 Å². The molecule has 1 atom stereocenters. The third-order valence-corrected chi connectivity index (χ3v) is 6.39. The van der Waals surface area contributed by atoms with Crippen LogP contribution in [-0.4, -0.2) is 43.5 Å². The Hall–Kier alpha value is -1.72. The third-order valence-electron chi connectivity index (χ3n) is 6.39. The van der Waals surface area contributed by atoms with Gasteiger partial charge in [-0.15, -0.1) is 10.2 Å². The fourth-order valence-corrected chi connectivity index (χ4v) is 4.62. The summed E-state index contributed by atoms with van der Waals surface area (Å²) in [6.45, 7) is 2.04. The van der Waals surface area contributed by atoms with Crippen LogP contribution in [0.25, 0.3) is 0 Å². The van der Waals surface area contributed by atoms with Crippen molar-refractivity contribution in [2.75, 3.05) is 13.2 Å². The molecular weight excluding hydrogens is 324 g/mol. The van der Waals surface area contributed by atoms with E-state index in [9.17, 15) is 5.11 Å². The molecule has 5 heteroatoms. The zero-order valence-corrected chi connectivity index (χ0v) is 15.3. The number of nitrogens with zero attached hydrogens (tertiary/aromatic N) is 4. The van der Waals surface area contributed by atoms with Crippen LogP contribution in [0, 0.1) is 0 Å². The molecule has 2 heterocycles. The van der Waals surface area contributed by atoms with Crippen LogP contribution in [0.3, 0.4) is 0 Å². The monoisotopic (exact) mass is 352 g/mol. The Kier molecular flexibility index (Phi) is 4.09. The van der Waals surface area contributed by atoms with Gasteiger partial charge in [0, 0.05) is 17.5 Å². The van der Waals surface area contributed by atoms with Crippen LogP contribution in [0.15, 0.2) is 30.3 Å². The van der Waals surface area contributed by atoms with E-state index < -0.39 is 0 Å². The maximum absolute atomic E-state index is 10.3. The Labute approximate surface area is 155 Å². The molecule has 0 spiro atoms. The SMILES string of the molecule is OCC1(Cc2ccccc2)CCCN1Cc1nnc(C2CC2)n1C1CC1. The summed E-state index contributed by atoms with van der Waals surface area (Å²) in [4.78, 5) is 2.47. The maximum atomic E-state index is 10.3. The summed E-state index contributed by atoms with van der Waals surface area (Å²) < 4.78 is 2.45. The molecule has 1 aromatic heterocycles. The second kappa shape index (κ2) is 6.46. The highest BCUT2D eigenvalue weighted by Crippen LogP contribution is 2.45. The first kappa shape index (κ1) is 16.5. The summed E-state index contributed by atoms with van der Waals surface area (Å²) in [6, 6.07) is 11.2. The van der Waals surface area contributed by atoms with E-state index in [0.29, 0.717) is 12.0 Å². The predicted octanol–water partition coefficient (Wildman–Crippen LogP) is 3.06. The summed E-state index contributed by atoms with van der Waals surface area (Å²) in [7, 11) is 0. The van der Waals surface area contributed by atoms with Gasteiger partial charge in [-0.1, -0.05) is 30.3 Å². The van der Waals surface area contributed by atoms with Gasteiger partial charge in [0.15, 0.2) is 0 Å². The standard InChI is InChI=1S/C21H28N4O/c26-15-21(13-16-5-2-1-3-6-16)11-4-12-24(21)14-19-22-23-20(17-7-8-17)25(19)18-9-10-18/h1-3,5-6,17-18,26H,4,7-15H2.